The Kier molecular flexibility index (Phi) is 6.25. The van der Waals surface area contributed by atoms with Gasteiger partial charge in [0.1, 0.15) is 6.54 Å². The first-order valence-electron chi connectivity index (χ1n) is 6.78. The third-order valence-electron chi connectivity index (χ3n) is 2.96. The van der Waals surface area contributed by atoms with Crippen molar-refractivity contribution >= 4 is 23.7 Å². The molecule has 0 spiro atoms. The zero-order chi connectivity index (χ0) is 19.4. The number of rotatable bonds is 5. The summed E-state index contributed by atoms with van der Waals surface area (Å²) in [5.41, 5.74) is 0.726. The van der Waals surface area contributed by atoms with E-state index < -0.39 is 43.0 Å². The molecule has 1 aromatic rings. The summed E-state index contributed by atoms with van der Waals surface area (Å²) < 4.78 is 41.5. The Morgan fingerprint density at radius 3 is 2.28 bits per heavy atom. The van der Waals surface area contributed by atoms with Crippen molar-refractivity contribution in [2.24, 2.45) is 7.05 Å². The molecule has 0 radical (unpaired) electrons. The number of ketones is 1. The summed E-state index contributed by atoms with van der Waals surface area (Å²) in [5, 5.41) is 6.87. The third kappa shape index (κ3) is 5.90. The van der Waals surface area contributed by atoms with Gasteiger partial charge in [-0.25, -0.2) is 9.59 Å². The quantitative estimate of drug-likeness (QED) is 0.436. The van der Waals surface area contributed by atoms with Crippen molar-refractivity contribution in [3.05, 3.63) is 17.0 Å². The second-order valence-corrected chi connectivity index (χ2v) is 4.92. The lowest BCUT2D eigenvalue weighted by molar-refractivity contribution is -0.143. The normalized spacial score (nSPS) is 11.0. The van der Waals surface area contributed by atoms with E-state index in [2.05, 4.69) is 9.84 Å². The Hall–Kier alpha value is -2.92. The highest BCUT2D eigenvalue weighted by Crippen LogP contribution is 2.13. The molecule has 12 heteroatoms. The Bertz CT molecular complexity index is 711. The number of alkyl halides is 3. The van der Waals surface area contributed by atoms with Crippen LogP contribution in [0.25, 0.3) is 0 Å². The average molecular weight is 364 g/mol. The molecule has 0 unspecified atom stereocenters. The van der Waals surface area contributed by atoms with Crippen molar-refractivity contribution in [1.82, 2.24) is 20.4 Å². The van der Waals surface area contributed by atoms with Crippen molar-refractivity contribution in [1.29, 1.82) is 0 Å². The Labute approximate surface area is 139 Å². The molecule has 0 saturated heterocycles. The lowest BCUT2D eigenvalue weighted by atomic mass is 10.1. The molecular weight excluding hydrogens is 349 g/mol. The molecule has 0 aliphatic heterocycles. The molecule has 0 aliphatic carbocycles. The fourth-order valence-electron chi connectivity index (χ4n) is 1.79. The van der Waals surface area contributed by atoms with Gasteiger partial charge in [-0.3, -0.25) is 19.6 Å². The van der Waals surface area contributed by atoms with Crippen LogP contribution in [0.1, 0.15) is 21.7 Å². The molecule has 25 heavy (non-hydrogen) atoms. The highest BCUT2D eigenvalue weighted by Gasteiger charge is 2.28. The van der Waals surface area contributed by atoms with Crippen molar-refractivity contribution in [3.8, 4) is 0 Å². The van der Waals surface area contributed by atoms with Gasteiger partial charge in [0, 0.05) is 12.7 Å². The van der Waals surface area contributed by atoms with E-state index in [1.54, 1.807) is 14.0 Å². The number of urea groups is 1. The zero-order valence-corrected chi connectivity index (χ0v) is 13.5. The van der Waals surface area contributed by atoms with E-state index in [1.165, 1.54) is 22.2 Å². The van der Waals surface area contributed by atoms with Gasteiger partial charge >= 0.3 is 18.2 Å². The topological polar surface area (TPSA) is 119 Å². The van der Waals surface area contributed by atoms with Gasteiger partial charge in [-0.2, -0.15) is 18.3 Å². The lowest BCUT2D eigenvalue weighted by Crippen LogP contribution is -2.44. The molecule has 2 N–H and O–H groups in total. The molecule has 0 aromatic carbocycles. The number of carbonyl (C=O) groups excluding carboxylic acids is 4. The number of amides is 3. The first-order valence-corrected chi connectivity index (χ1v) is 6.78. The fraction of sp³-hybridized carbons (Fsp3) is 0.462. The number of esters is 1. The number of imide groups is 1. The van der Waals surface area contributed by atoms with Crippen LogP contribution in [0.15, 0.2) is 0 Å². The Morgan fingerprint density at radius 1 is 1.20 bits per heavy atom. The number of hydrogen-bond acceptors (Lipinski definition) is 6. The summed E-state index contributed by atoms with van der Waals surface area (Å²) in [7, 11) is 1.57. The zero-order valence-electron chi connectivity index (χ0n) is 13.5. The summed E-state index contributed by atoms with van der Waals surface area (Å²) >= 11 is 0. The predicted octanol–water partition coefficient (Wildman–Crippen LogP) is 0.151. The van der Waals surface area contributed by atoms with Crippen LogP contribution < -0.4 is 10.6 Å². The van der Waals surface area contributed by atoms with Crippen LogP contribution in [0.2, 0.25) is 0 Å². The third-order valence-corrected chi connectivity index (χ3v) is 2.96. The van der Waals surface area contributed by atoms with Crippen LogP contribution in [0.5, 0.6) is 0 Å². The molecular formula is C13H15F3N4O5. The number of ether oxygens (including phenoxy) is 1. The number of nitrogens with one attached hydrogen (secondary N) is 2. The molecule has 0 atom stereocenters. The van der Waals surface area contributed by atoms with E-state index in [4.69, 9.17) is 0 Å². The second-order valence-electron chi connectivity index (χ2n) is 4.92. The number of nitrogens with zero attached hydrogens (tertiary/aromatic N) is 2. The average Bonchev–Trinajstić information content (AvgIpc) is 2.74. The van der Waals surface area contributed by atoms with Gasteiger partial charge in [-0.05, 0) is 13.8 Å². The van der Waals surface area contributed by atoms with Gasteiger partial charge in [-0.1, -0.05) is 0 Å². The van der Waals surface area contributed by atoms with Crippen LogP contribution >= 0.6 is 0 Å². The maximum absolute atomic E-state index is 12.0. The van der Waals surface area contributed by atoms with Gasteiger partial charge in [-0.15, -0.1) is 0 Å². The van der Waals surface area contributed by atoms with Crippen molar-refractivity contribution < 1.29 is 37.1 Å². The predicted molar refractivity (Wildman–Crippen MR) is 75.6 cm³/mol. The van der Waals surface area contributed by atoms with E-state index in [-0.39, 0.29) is 11.3 Å². The van der Waals surface area contributed by atoms with E-state index >= 15 is 0 Å². The molecule has 138 valence electrons. The number of halogens is 3. The molecule has 0 aliphatic rings. The number of aromatic nitrogens is 2. The number of carbonyl (C=O) groups is 4. The van der Waals surface area contributed by atoms with E-state index in [0.717, 1.165) is 0 Å². The Morgan fingerprint density at radius 2 is 1.80 bits per heavy atom. The van der Waals surface area contributed by atoms with Crippen molar-refractivity contribution in [2.45, 2.75) is 20.0 Å². The van der Waals surface area contributed by atoms with Crippen LogP contribution in [-0.4, -0.2) is 52.8 Å². The molecule has 1 aromatic heterocycles. The minimum atomic E-state index is -4.64. The maximum atomic E-state index is 12.0. The van der Waals surface area contributed by atoms with Gasteiger partial charge in [0.05, 0.1) is 11.3 Å². The minimum Gasteiger partial charge on any atom is -0.450 e. The largest absolute Gasteiger partial charge is 0.450 e. The number of aryl methyl sites for hydroxylation is 2. The van der Waals surface area contributed by atoms with E-state index in [0.29, 0.717) is 5.69 Å². The summed E-state index contributed by atoms with van der Waals surface area (Å²) in [6.07, 6.45) is -4.64. The molecule has 0 fully saturated rings. The van der Waals surface area contributed by atoms with Crippen LogP contribution in [0.3, 0.4) is 0 Å². The first-order chi connectivity index (χ1) is 11.4. The molecule has 1 heterocycles. The monoisotopic (exact) mass is 364 g/mol. The molecule has 0 bridgehead atoms. The van der Waals surface area contributed by atoms with Gasteiger partial charge in [0.25, 0.3) is 11.7 Å². The molecule has 1 rings (SSSR count). The number of Topliss-reactive ketones (excluding diaryl/α,β-unsaturated/α-hetero) is 1. The second kappa shape index (κ2) is 7.77. The Balaban J connectivity index is 2.52. The van der Waals surface area contributed by atoms with E-state index in [1.807, 2.05) is 0 Å². The minimum absolute atomic E-state index is 0.0239. The van der Waals surface area contributed by atoms with E-state index in [9.17, 15) is 32.3 Å². The smallest absolute Gasteiger partial charge is 0.405 e. The summed E-state index contributed by atoms with van der Waals surface area (Å²) in [6.45, 7) is 0.412. The van der Waals surface area contributed by atoms with Crippen molar-refractivity contribution in [3.63, 3.8) is 0 Å². The maximum Gasteiger partial charge on any atom is 0.405 e. The van der Waals surface area contributed by atoms with Crippen LogP contribution in [-0.2, 0) is 21.4 Å². The first kappa shape index (κ1) is 20.1. The summed E-state index contributed by atoms with van der Waals surface area (Å²) in [5.74, 6) is -3.58. The summed E-state index contributed by atoms with van der Waals surface area (Å²) in [6, 6.07) is -1.41. The lowest BCUT2D eigenvalue weighted by Gasteiger charge is -2.09. The number of hydrogen-bond donors (Lipinski definition) is 2. The standard InChI is InChI=1S/C13H15F3N4O5/c1-6-9(7(2)20(3)19-6)10(22)11(23)25-4-8(21)18-12(24)17-5-13(14,15)16/h4-5H2,1-3H3,(H2,17,18,21,24). The SMILES string of the molecule is Cc1nn(C)c(C)c1C(=O)C(=O)OCC(=O)NC(=O)NCC(F)(F)F. The molecule has 0 saturated carbocycles. The van der Waals surface area contributed by atoms with Crippen LogP contribution in [0, 0.1) is 13.8 Å². The van der Waals surface area contributed by atoms with Gasteiger partial charge < -0.3 is 10.1 Å². The molecule has 3 amide bonds. The van der Waals surface area contributed by atoms with Gasteiger partial charge in [0.15, 0.2) is 6.61 Å². The molecule has 9 nitrogen and oxygen atoms in total. The highest BCUT2D eigenvalue weighted by atomic mass is 19.4. The van der Waals surface area contributed by atoms with Crippen molar-refractivity contribution in [2.75, 3.05) is 13.2 Å². The summed E-state index contributed by atoms with van der Waals surface area (Å²) in [4.78, 5) is 46.0. The van der Waals surface area contributed by atoms with Gasteiger partial charge in [0.2, 0.25) is 0 Å². The highest BCUT2D eigenvalue weighted by molar-refractivity contribution is 6.41. The fourth-order valence-corrected chi connectivity index (χ4v) is 1.79. The van der Waals surface area contributed by atoms with Crippen LogP contribution in [0.4, 0.5) is 18.0 Å².